The molecule has 1 aromatic rings. The average molecular weight is 306 g/mol. The van der Waals surface area contributed by atoms with Crippen LogP contribution in [0.1, 0.15) is 11.6 Å². The van der Waals surface area contributed by atoms with Crippen molar-refractivity contribution in [2.45, 2.75) is 6.04 Å². The van der Waals surface area contributed by atoms with Crippen LogP contribution in [0.4, 0.5) is 0 Å². The first-order chi connectivity index (χ1) is 8.76. The van der Waals surface area contributed by atoms with Gasteiger partial charge >= 0.3 is 5.97 Å². The lowest BCUT2D eigenvalue weighted by Crippen LogP contribution is -2.41. The molecule has 0 spiro atoms. The molecular formula is C14H12BrNO2. The quantitative estimate of drug-likeness (QED) is 0.621. The van der Waals surface area contributed by atoms with E-state index in [4.69, 9.17) is 11.2 Å². The Bertz CT molecular complexity index is 504. The zero-order valence-electron chi connectivity index (χ0n) is 9.67. The highest BCUT2D eigenvalue weighted by Crippen LogP contribution is 2.28. The third kappa shape index (κ3) is 2.63. The fraction of sp³-hybridized carbons (Fsp3) is 0.214. The van der Waals surface area contributed by atoms with Crippen molar-refractivity contribution < 1.29 is 9.53 Å². The highest BCUT2D eigenvalue weighted by Gasteiger charge is 2.34. The van der Waals surface area contributed by atoms with Gasteiger partial charge < -0.3 is 4.74 Å². The second kappa shape index (κ2) is 5.85. The molecule has 1 saturated heterocycles. The predicted molar refractivity (Wildman–Crippen MR) is 72.7 cm³/mol. The Morgan fingerprint density at radius 3 is 2.83 bits per heavy atom. The fourth-order valence-electron chi connectivity index (χ4n) is 1.96. The van der Waals surface area contributed by atoms with E-state index in [-0.39, 0.29) is 5.97 Å². The number of halogens is 1. The van der Waals surface area contributed by atoms with E-state index >= 15 is 0 Å². The molecule has 2 rings (SSSR count). The summed E-state index contributed by atoms with van der Waals surface area (Å²) in [4.78, 5) is 15.6. The Kier molecular flexibility index (Phi) is 4.19. The summed E-state index contributed by atoms with van der Waals surface area (Å²) in [6.45, 7) is 0.916. The maximum absolute atomic E-state index is 12.1. The largest absolute Gasteiger partial charge is 0.428 e. The molecule has 1 heterocycles. The van der Waals surface area contributed by atoms with Crippen LogP contribution < -0.4 is 0 Å². The molecule has 0 bridgehead atoms. The van der Waals surface area contributed by atoms with Crippen LogP contribution in [0.3, 0.4) is 0 Å². The molecule has 1 aliphatic rings. The van der Waals surface area contributed by atoms with E-state index in [1.165, 1.54) is 0 Å². The van der Waals surface area contributed by atoms with E-state index in [0.29, 0.717) is 18.8 Å². The van der Waals surface area contributed by atoms with Gasteiger partial charge in [0.1, 0.15) is 11.8 Å². The van der Waals surface area contributed by atoms with Crippen molar-refractivity contribution in [1.29, 1.82) is 0 Å². The number of morpholine rings is 1. The van der Waals surface area contributed by atoms with E-state index in [0.717, 1.165) is 5.56 Å². The third-order valence-corrected chi connectivity index (χ3v) is 3.22. The van der Waals surface area contributed by atoms with E-state index in [2.05, 4.69) is 21.9 Å². The number of cyclic esters (lactones) is 1. The van der Waals surface area contributed by atoms with Gasteiger partial charge in [-0.3, -0.25) is 4.90 Å². The van der Waals surface area contributed by atoms with Crippen molar-refractivity contribution in [3.05, 3.63) is 46.6 Å². The van der Waals surface area contributed by atoms with Gasteiger partial charge in [0.25, 0.3) is 0 Å². The Hall–Kier alpha value is -1.57. The molecule has 4 heteroatoms. The van der Waals surface area contributed by atoms with Crippen LogP contribution in [-0.4, -0.2) is 24.0 Å². The predicted octanol–water partition coefficient (Wildman–Crippen LogP) is 2.46. The van der Waals surface area contributed by atoms with Crippen molar-refractivity contribution in [3.8, 4) is 12.3 Å². The zero-order valence-corrected chi connectivity index (χ0v) is 11.3. The summed E-state index contributed by atoms with van der Waals surface area (Å²) in [7, 11) is 0. The number of carbonyl (C=O) groups excluding carboxylic acids is 1. The van der Waals surface area contributed by atoms with Gasteiger partial charge in [-0.15, -0.1) is 6.42 Å². The number of ether oxygens (including phenoxy) is 1. The lowest BCUT2D eigenvalue weighted by atomic mass is 10.0. The van der Waals surface area contributed by atoms with Crippen LogP contribution in [0.15, 0.2) is 41.1 Å². The van der Waals surface area contributed by atoms with Crippen LogP contribution in [-0.2, 0) is 9.53 Å². The van der Waals surface area contributed by atoms with Crippen LogP contribution in [0.5, 0.6) is 0 Å². The second-order valence-corrected chi connectivity index (χ2v) is 4.38. The van der Waals surface area contributed by atoms with Crippen molar-refractivity contribution in [2.75, 3.05) is 13.1 Å². The molecule has 0 unspecified atom stereocenters. The van der Waals surface area contributed by atoms with Crippen molar-refractivity contribution in [3.63, 3.8) is 0 Å². The smallest absolute Gasteiger partial charge is 0.333 e. The number of hydrogen-bond donors (Lipinski definition) is 0. The van der Waals surface area contributed by atoms with Gasteiger partial charge in [0.05, 0.1) is 13.1 Å². The van der Waals surface area contributed by atoms with Crippen LogP contribution >= 0.6 is 15.9 Å². The summed E-state index contributed by atoms with van der Waals surface area (Å²) in [5, 5.41) is 0. The molecular weight excluding hydrogens is 294 g/mol. The van der Waals surface area contributed by atoms with Crippen LogP contribution in [0, 0.1) is 12.3 Å². The molecule has 0 saturated carbocycles. The molecule has 0 aromatic heterocycles. The van der Waals surface area contributed by atoms with Crippen LogP contribution in [0.25, 0.3) is 0 Å². The molecule has 18 heavy (non-hydrogen) atoms. The summed E-state index contributed by atoms with van der Waals surface area (Å²) in [6.07, 6.45) is 5.36. The van der Waals surface area contributed by atoms with Gasteiger partial charge in [0, 0.05) is 4.99 Å². The van der Waals surface area contributed by atoms with Gasteiger partial charge in [-0.1, -0.05) is 52.2 Å². The maximum Gasteiger partial charge on any atom is 0.333 e. The first-order valence-corrected chi connectivity index (χ1v) is 6.41. The monoisotopic (exact) mass is 305 g/mol. The van der Waals surface area contributed by atoms with Gasteiger partial charge in [0.15, 0.2) is 0 Å². The molecule has 1 atom stereocenters. The van der Waals surface area contributed by atoms with Gasteiger partial charge in [-0.25, -0.2) is 4.79 Å². The first kappa shape index (κ1) is 12.9. The molecule has 1 aromatic carbocycles. The first-order valence-electron chi connectivity index (χ1n) is 5.49. The number of benzene rings is 1. The topological polar surface area (TPSA) is 29.5 Å². The lowest BCUT2D eigenvalue weighted by Gasteiger charge is -2.33. The molecule has 0 radical (unpaired) electrons. The fourth-order valence-corrected chi connectivity index (χ4v) is 2.20. The normalized spacial score (nSPS) is 22.6. The third-order valence-electron chi connectivity index (χ3n) is 2.71. The molecule has 92 valence electrons. The SMILES string of the molecule is C#CCN1C/C(=C\Br)OC(=O)[C@@H]1c1ccccc1. The standard InChI is InChI=1S/C14H12BrNO2/c1-2-8-16-10-12(9-15)18-14(17)13(16)11-6-4-3-5-7-11/h1,3-7,9,13H,8,10H2/b12-9+/t13-/m0/s1. The number of rotatable bonds is 2. The van der Waals surface area contributed by atoms with E-state index in [1.54, 1.807) is 4.99 Å². The molecule has 3 nitrogen and oxygen atoms in total. The lowest BCUT2D eigenvalue weighted by molar-refractivity contribution is -0.150. The minimum Gasteiger partial charge on any atom is -0.428 e. The average Bonchev–Trinajstić information content (AvgIpc) is 2.39. The highest BCUT2D eigenvalue weighted by molar-refractivity contribution is 9.11. The summed E-state index contributed by atoms with van der Waals surface area (Å²) in [5.41, 5.74) is 0.895. The molecule has 0 amide bonds. The van der Waals surface area contributed by atoms with Gasteiger partial charge in [-0.05, 0) is 5.56 Å². The Morgan fingerprint density at radius 1 is 1.50 bits per heavy atom. The Labute approximate surface area is 115 Å². The maximum atomic E-state index is 12.1. The van der Waals surface area contributed by atoms with E-state index < -0.39 is 6.04 Å². The van der Waals surface area contributed by atoms with E-state index in [1.807, 2.05) is 35.2 Å². The second-order valence-electron chi connectivity index (χ2n) is 3.92. The minimum absolute atomic E-state index is 0.298. The highest BCUT2D eigenvalue weighted by atomic mass is 79.9. The van der Waals surface area contributed by atoms with Gasteiger partial charge in [-0.2, -0.15) is 0 Å². The number of carbonyl (C=O) groups is 1. The van der Waals surface area contributed by atoms with Crippen molar-refractivity contribution in [1.82, 2.24) is 4.90 Å². The summed E-state index contributed by atoms with van der Waals surface area (Å²) in [5.74, 6) is 2.85. The molecule has 0 aliphatic carbocycles. The summed E-state index contributed by atoms with van der Waals surface area (Å²) < 4.78 is 5.24. The Morgan fingerprint density at radius 2 is 2.22 bits per heavy atom. The number of nitrogens with zero attached hydrogens (tertiary/aromatic N) is 1. The summed E-state index contributed by atoms with van der Waals surface area (Å²) in [6, 6.07) is 9.07. The Balaban J connectivity index is 2.32. The van der Waals surface area contributed by atoms with Gasteiger partial charge in [0.2, 0.25) is 0 Å². The molecule has 0 N–H and O–H groups in total. The zero-order chi connectivity index (χ0) is 13.0. The number of esters is 1. The number of hydrogen-bond acceptors (Lipinski definition) is 3. The molecule has 1 fully saturated rings. The number of terminal acetylenes is 1. The van der Waals surface area contributed by atoms with Crippen LogP contribution in [0.2, 0.25) is 0 Å². The molecule has 1 aliphatic heterocycles. The van der Waals surface area contributed by atoms with E-state index in [9.17, 15) is 4.79 Å². The van der Waals surface area contributed by atoms with Crippen molar-refractivity contribution in [2.24, 2.45) is 0 Å². The van der Waals surface area contributed by atoms with Crippen molar-refractivity contribution >= 4 is 21.9 Å². The minimum atomic E-state index is -0.432. The summed E-state index contributed by atoms with van der Waals surface area (Å²) >= 11 is 3.18.